The van der Waals surface area contributed by atoms with Crippen molar-refractivity contribution in [3.8, 4) is 5.75 Å². The Morgan fingerprint density at radius 1 is 1.08 bits per heavy atom. The molecule has 5 nitrogen and oxygen atoms in total. The van der Waals surface area contributed by atoms with Gasteiger partial charge in [0, 0.05) is 5.69 Å². The van der Waals surface area contributed by atoms with Crippen molar-refractivity contribution >= 4 is 46.1 Å². The summed E-state index contributed by atoms with van der Waals surface area (Å²) in [6, 6.07) is 12.7. The summed E-state index contributed by atoms with van der Waals surface area (Å²) in [4.78, 5) is 12.1. The predicted octanol–water partition coefficient (Wildman–Crippen LogP) is 4.91. The molecule has 0 radical (unpaired) electrons. The number of rotatable bonds is 6. The van der Waals surface area contributed by atoms with E-state index in [9.17, 15) is 4.79 Å². The average Bonchev–Trinajstić information content (AvgIpc) is 3.05. The Morgan fingerprint density at radius 3 is 2.54 bits per heavy atom. The number of anilines is 1. The number of nitrogens with zero attached hydrogens (tertiary/aromatic N) is 2. The summed E-state index contributed by atoms with van der Waals surface area (Å²) in [5.41, 5.74) is 1.75. The third-order valence-corrected chi connectivity index (χ3v) is 5.04. The van der Waals surface area contributed by atoms with Crippen LogP contribution >= 0.6 is 34.5 Å². The lowest BCUT2D eigenvalue weighted by Gasteiger charge is -2.05. The van der Waals surface area contributed by atoms with Gasteiger partial charge in [-0.2, -0.15) is 0 Å². The number of amides is 1. The number of carbonyl (C=O) groups excluding carboxylic acids is 1. The van der Waals surface area contributed by atoms with Crippen LogP contribution in [0.2, 0.25) is 10.0 Å². The minimum absolute atomic E-state index is 0.127. The van der Waals surface area contributed by atoms with Crippen molar-refractivity contribution in [1.82, 2.24) is 10.2 Å². The van der Waals surface area contributed by atoms with Gasteiger partial charge in [0.05, 0.1) is 16.5 Å². The molecule has 8 heteroatoms. The molecular weight excluding hydrogens is 393 g/mol. The number of hydrogen-bond acceptors (Lipinski definition) is 5. The first kappa shape index (κ1) is 18.6. The van der Waals surface area contributed by atoms with Crippen molar-refractivity contribution in [3.05, 3.63) is 68.1 Å². The first-order chi connectivity index (χ1) is 12.5. The Labute approximate surface area is 164 Å². The van der Waals surface area contributed by atoms with Crippen molar-refractivity contribution in [2.24, 2.45) is 0 Å². The molecule has 1 heterocycles. The molecule has 0 aliphatic carbocycles. The fourth-order valence-corrected chi connectivity index (χ4v) is 3.17. The molecule has 0 atom stereocenters. The molecule has 1 N–H and O–H groups in total. The van der Waals surface area contributed by atoms with E-state index in [4.69, 9.17) is 27.9 Å². The second-order valence-electron chi connectivity index (χ2n) is 5.55. The molecule has 1 amide bonds. The van der Waals surface area contributed by atoms with E-state index in [0.717, 1.165) is 5.75 Å². The van der Waals surface area contributed by atoms with Crippen molar-refractivity contribution in [3.63, 3.8) is 0 Å². The number of benzene rings is 2. The Morgan fingerprint density at radius 2 is 1.81 bits per heavy atom. The molecule has 0 aliphatic heterocycles. The number of nitrogens with one attached hydrogen (secondary N) is 1. The number of ether oxygens (including phenoxy) is 1. The fourth-order valence-electron chi connectivity index (χ4n) is 2.11. The summed E-state index contributed by atoms with van der Waals surface area (Å²) in [5, 5.41) is 13.0. The maximum atomic E-state index is 12.1. The van der Waals surface area contributed by atoms with E-state index in [1.807, 2.05) is 31.2 Å². The molecule has 134 valence electrons. The first-order valence-corrected chi connectivity index (χ1v) is 9.32. The molecule has 0 aliphatic rings. The van der Waals surface area contributed by atoms with Gasteiger partial charge in [-0.05, 0) is 37.3 Å². The highest BCUT2D eigenvalue weighted by atomic mass is 35.5. The maximum Gasteiger partial charge on any atom is 0.231 e. The van der Waals surface area contributed by atoms with Crippen LogP contribution in [-0.2, 0) is 17.8 Å². The Balaban J connectivity index is 1.53. The van der Waals surface area contributed by atoms with Gasteiger partial charge < -0.3 is 10.1 Å². The molecule has 0 saturated heterocycles. The zero-order chi connectivity index (χ0) is 18.5. The van der Waals surface area contributed by atoms with Gasteiger partial charge in [-0.1, -0.05) is 52.2 Å². The summed E-state index contributed by atoms with van der Waals surface area (Å²) < 4.78 is 5.67. The maximum absolute atomic E-state index is 12.1. The Bertz CT molecular complexity index is 913. The number of hydrogen-bond donors (Lipinski definition) is 1. The monoisotopic (exact) mass is 407 g/mol. The number of carbonyl (C=O) groups is 1. The van der Waals surface area contributed by atoms with Gasteiger partial charge in [0.1, 0.15) is 17.4 Å². The van der Waals surface area contributed by atoms with E-state index in [1.165, 1.54) is 16.9 Å². The van der Waals surface area contributed by atoms with Crippen LogP contribution in [0.15, 0.2) is 42.5 Å². The van der Waals surface area contributed by atoms with Crippen LogP contribution in [-0.4, -0.2) is 16.1 Å². The smallest absolute Gasteiger partial charge is 0.231 e. The SMILES string of the molecule is Cc1ccc(OCc2nnc(CC(=O)Nc3ccc(Cl)c(Cl)c3)s2)cc1. The molecule has 0 fully saturated rings. The summed E-state index contributed by atoms with van der Waals surface area (Å²) >= 11 is 13.1. The van der Waals surface area contributed by atoms with Crippen LogP contribution < -0.4 is 10.1 Å². The van der Waals surface area contributed by atoms with Crippen LogP contribution in [0.4, 0.5) is 5.69 Å². The lowest BCUT2D eigenvalue weighted by Crippen LogP contribution is -2.14. The molecule has 0 bridgehead atoms. The van der Waals surface area contributed by atoms with E-state index >= 15 is 0 Å². The molecule has 3 rings (SSSR count). The summed E-state index contributed by atoms with van der Waals surface area (Å²) in [5.74, 6) is 0.565. The first-order valence-electron chi connectivity index (χ1n) is 7.75. The van der Waals surface area contributed by atoms with E-state index in [-0.39, 0.29) is 12.3 Å². The molecule has 2 aromatic carbocycles. The standard InChI is InChI=1S/C18H15Cl2N3O2S/c1-11-2-5-13(6-3-11)25-10-18-23-22-17(26-18)9-16(24)21-12-4-7-14(19)15(20)8-12/h2-8H,9-10H2,1H3,(H,21,24). The largest absolute Gasteiger partial charge is 0.486 e. The van der Waals surface area contributed by atoms with Crippen molar-refractivity contribution in [2.75, 3.05) is 5.32 Å². The molecule has 26 heavy (non-hydrogen) atoms. The number of aromatic nitrogens is 2. The van der Waals surface area contributed by atoms with Crippen LogP contribution in [0.3, 0.4) is 0 Å². The fraction of sp³-hybridized carbons (Fsp3) is 0.167. The van der Waals surface area contributed by atoms with Gasteiger partial charge >= 0.3 is 0 Å². The van der Waals surface area contributed by atoms with Gasteiger partial charge in [-0.15, -0.1) is 10.2 Å². The summed E-state index contributed by atoms with van der Waals surface area (Å²) in [6.07, 6.45) is 0.127. The second kappa shape index (κ2) is 8.49. The Kier molecular flexibility index (Phi) is 6.08. The minimum Gasteiger partial charge on any atom is -0.486 e. The highest BCUT2D eigenvalue weighted by molar-refractivity contribution is 7.11. The van der Waals surface area contributed by atoms with Crippen LogP contribution in [0, 0.1) is 6.92 Å². The highest BCUT2D eigenvalue weighted by Crippen LogP contribution is 2.25. The Hall–Kier alpha value is -2.15. The zero-order valence-electron chi connectivity index (χ0n) is 13.8. The predicted molar refractivity (Wildman–Crippen MR) is 104 cm³/mol. The molecular formula is C18H15Cl2N3O2S. The van der Waals surface area contributed by atoms with Crippen molar-refractivity contribution < 1.29 is 9.53 Å². The van der Waals surface area contributed by atoms with Gasteiger partial charge in [0.25, 0.3) is 0 Å². The van der Waals surface area contributed by atoms with Crippen molar-refractivity contribution in [2.45, 2.75) is 20.0 Å². The summed E-state index contributed by atoms with van der Waals surface area (Å²) in [6.45, 7) is 2.33. The van der Waals surface area contributed by atoms with Gasteiger partial charge in [0.15, 0.2) is 5.01 Å². The van der Waals surface area contributed by atoms with Crippen LogP contribution in [0.1, 0.15) is 15.6 Å². The zero-order valence-corrected chi connectivity index (χ0v) is 16.2. The number of aryl methyl sites for hydroxylation is 1. The normalized spacial score (nSPS) is 10.6. The number of halogens is 2. The lowest BCUT2D eigenvalue weighted by molar-refractivity contribution is -0.115. The van der Waals surface area contributed by atoms with Gasteiger partial charge in [-0.3, -0.25) is 4.79 Å². The third kappa shape index (κ3) is 5.17. The minimum atomic E-state index is -0.203. The van der Waals surface area contributed by atoms with Crippen LogP contribution in [0.5, 0.6) is 5.75 Å². The van der Waals surface area contributed by atoms with E-state index in [0.29, 0.717) is 32.4 Å². The van der Waals surface area contributed by atoms with Crippen molar-refractivity contribution in [1.29, 1.82) is 0 Å². The topological polar surface area (TPSA) is 64.1 Å². The molecule has 0 spiro atoms. The van der Waals surface area contributed by atoms with Gasteiger partial charge in [0.2, 0.25) is 5.91 Å². The second-order valence-corrected chi connectivity index (χ2v) is 7.51. The average molecular weight is 408 g/mol. The van der Waals surface area contributed by atoms with Crippen LogP contribution in [0.25, 0.3) is 0 Å². The molecule has 0 saturated carbocycles. The summed E-state index contributed by atoms with van der Waals surface area (Å²) in [7, 11) is 0. The lowest BCUT2D eigenvalue weighted by atomic mass is 10.2. The van der Waals surface area contributed by atoms with E-state index in [1.54, 1.807) is 18.2 Å². The van der Waals surface area contributed by atoms with E-state index < -0.39 is 0 Å². The van der Waals surface area contributed by atoms with Gasteiger partial charge in [-0.25, -0.2) is 0 Å². The molecule has 1 aromatic heterocycles. The quantitative estimate of drug-likeness (QED) is 0.629. The van der Waals surface area contributed by atoms with E-state index in [2.05, 4.69) is 15.5 Å². The molecule has 0 unspecified atom stereocenters. The third-order valence-electron chi connectivity index (χ3n) is 3.41. The highest BCUT2D eigenvalue weighted by Gasteiger charge is 2.11. The molecule has 3 aromatic rings.